The maximum Gasteiger partial charge on any atom is 0.422 e. The third kappa shape index (κ3) is 4.57. The standard InChI is InChI=1S/C17H16ClF3N2O3/c1-8-14(10(3)24)9(2)22-15(8)16(25)23-12-6-11(18)4-5-13(12)26-7-17(19,20)21/h4-6,22H,7H2,1-3H3,(H,23,25). The largest absolute Gasteiger partial charge is 0.482 e. The van der Waals surface area contributed by atoms with Crippen LogP contribution in [0.2, 0.25) is 5.02 Å². The zero-order chi connectivity index (χ0) is 19.6. The molecule has 2 N–H and O–H groups in total. The van der Waals surface area contributed by atoms with Gasteiger partial charge < -0.3 is 15.0 Å². The zero-order valence-electron chi connectivity index (χ0n) is 14.2. The van der Waals surface area contributed by atoms with Crippen LogP contribution in [-0.2, 0) is 0 Å². The molecule has 0 aliphatic heterocycles. The first kappa shape index (κ1) is 19.8. The Morgan fingerprint density at radius 1 is 1.27 bits per heavy atom. The molecule has 0 unspecified atom stereocenters. The molecule has 0 spiro atoms. The van der Waals surface area contributed by atoms with E-state index in [0.29, 0.717) is 16.8 Å². The van der Waals surface area contributed by atoms with Gasteiger partial charge in [0.1, 0.15) is 11.4 Å². The number of H-pyrrole nitrogens is 1. The van der Waals surface area contributed by atoms with E-state index in [1.807, 2.05) is 0 Å². The van der Waals surface area contributed by atoms with Crippen LogP contribution in [0.15, 0.2) is 18.2 Å². The van der Waals surface area contributed by atoms with Crippen molar-refractivity contribution in [2.24, 2.45) is 0 Å². The molecule has 0 bridgehead atoms. The van der Waals surface area contributed by atoms with Gasteiger partial charge in [-0.25, -0.2) is 0 Å². The Labute approximate surface area is 152 Å². The minimum Gasteiger partial charge on any atom is -0.482 e. The van der Waals surface area contributed by atoms with E-state index in [0.717, 1.165) is 0 Å². The summed E-state index contributed by atoms with van der Waals surface area (Å²) in [6.07, 6.45) is -4.52. The highest BCUT2D eigenvalue weighted by Crippen LogP contribution is 2.30. The number of anilines is 1. The number of rotatable bonds is 5. The van der Waals surface area contributed by atoms with Crippen molar-refractivity contribution in [1.29, 1.82) is 0 Å². The summed E-state index contributed by atoms with van der Waals surface area (Å²) in [4.78, 5) is 27.0. The maximum atomic E-state index is 12.5. The number of aromatic amines is 1. The Balaban J connectivity index is 2.30. The second kappa shape index (κ2) is 7.41. The average molecular weight is 389 g/mol. The van der Waals surface area contributed by atoms with Gasteiger partial charge in [-0.05, 0) is 44.5 Å². The minimum atomic E-state index is -4.52. The number of aryl methyl sites for hydroxylation is 1. The lowest BCUT2D eigenvalue weighted by Gasteiger charge is -2.14. The first-order valence-electron chi connectivity index (χ1n) is 7.50. The van der Waals surface area contributed by atoms with Crippen LogP contribution in [0.4, 0.5) is 18.9 Å². The van der Waals surface area contributed by atoms with Crippen LogP contribution in [0.1, 0.15) is 39.0 Å². The molecule has 0 aliphatic rings. The fourth-order valence-corrected chi connectivity index (χ4v) is 2.75. The van der Waals surface area contributed by atoms with Gasteiger partial charge in [-0.15, -0.1) is 0 Å². The van der Waals surface area contributed by atoms with Crippen LogP contribution >= 0.6 is 11.6 Å². The Kier molecular flexibility index (Phi) is 5.65. The Morgan fingerprint density at radius 2 is 1.92 bits per heavy atom. The number of aromatic nitrogens is 1. The van der Waals surface area contributed by atoms with Crippen molar-refractivity contribution in [2.75, 3.05) is 11.9 Å². The maximum absolute atomic E-state index is 12.5. The molecule has 0 saturated heterocycles. The van der Waals surface area contributed by atoms with Gasteiger partial charge in [-0.2, -0.15) is 13.2 Å². The number of halogens is 4. The Hall–Kier alpha value is -2.48. The number of hydrogen-bond donors (Lipinski definition) is 2. The average Bonchev–Trinajstić information content (AvgIpc) is 2.80. The number of ether oxygens (including phenoxy) is 1. The van der Waals surface area contributed by atoms with E-state index in [2.05, 4.69) is 10.3 Å². The van der Waals surface area contributed by atoms with Gasteiger partial charge in [0, 0.05) is 16.3 Å². The molecular formula is C17H16ClF3N2O3. The third-order valence-corrected chi connectivity index (χ3v) is 3.83. The number of hydrogen-bond acceptors (Lipinski definition) is 3. The van der Waals surface area contributed by atoms with Crippen LogP contribution in [0.3, 0.4) is 0 Å². The van der Waals surface area contributed by atoms with Crippen molar-refractivity contribution in [3.8, 4) is 5.75 Å². The second-order valence-corrected chi connectivity index (χ2v) is 6.12. The first-order chi connectivity index (χ1) is 12.0. The number of amides is 1. The van der Waals surface area contributed by atoms with E-state index in [-0.39, 0.29) is 27.9 Å². The third-order valence-electron chi connectivity index (χ3n) is 3.60. The lowest BCUT2D eigenvalue weighted by molar-refractivity contribution is -0.153. The molecule has 5 nitrogen and oxygen atoms in total. The number of Topliss-reactive ketones (excluding diaryl/α,β-unsaturated/α-hetero) is 1. The molecule has 140 valence electrons. The highest BCUT2D eigenvalue weighted by atomic mass is 35.5. The minimum absolute atomic E-state index is 0.0113. The van der Waals surface area contributed by atoms with Crippen molar-refractivity contribution >= 4 is 29.0 Å². The van der Waals surface area contributed by atoms with Gasteiger partial charge >= 0.3 is 6.18 Å². The van der Waals surface area contributed by atoms with Crippen molar-refractivity contribution in [1.82, 2.24) is 4.98 Å². The molecule has 1 amide bonds. The van der Waals surface area contributed by atoms with Crippen molar-refractivity contribution < 1.29 is 27.5 Å². The van der Waals surface area contributed by atoms with E-state index in [4.69, 9.17) is 16.3 Å². The quantitative estimate of drug-likeness (QED) is 0.730. The van der Waals surface area contributed by atoms with Crippen molar-refractivity contribution in [3.63, 3.8) is 0 Å². The summed E-state index contributed by atoms with van der Waals surface area (Å²) in [6, 6.07) is 3.86. The summed E-state index contributed by atoms with van der Waals surface area (Å²) in [5.74, 6) is -1.00. The van der Waals surface area contributed by atoms with Crippen molar-refractivity contribution in [3.05, 3.63) is 45.7 Å². The van der Waals surface area contributed by atoms with E-state index < -0.39 is 18.7 Å². The molecule has 2 aromatic rings. The highest BCUT2D eigenvalue weighted by Gasteiger charge is 2.29. The van der Waals surface area contributed by atoms with Gasteiger partial charge in [-0.1, -0.05) is 11.6 Å². The summed E-state index contributed by atoms with van der Waals surface area (Å²) >= 11 is 5.86. The van der Waals surface area contributed by atoms with Gasteiger partial charge in [0.25, 0.3) is 5.91 Å². The zero-order valence-corrected chi connectivity index (χ0v) is 14.9. The van der Waals surface area contributed by atoms with E-state index in [1.54, 1.807) is 13.8 Å². The number of alkyl halides is 3. The molecule has 0 fully saturated rings. The molecule has 9 heteroatoms. The predicted molar refractivity (Wildman–Crippen MR) is 91.2 cm³/mol. The lowest BCUT2D eigenvalue weighted by atomic mass is 10.1. The fourth-order valence-electron chi connectivity index (χ4n) is 2.58. The first-order valence-corrected chi connectivity index (χ1v) is 7.88. The van der Waals surface area contributed by atoms with Gasteiger partial charge in [0.2, 0.25) is 0 Å². The molecule has 1 aromatic heterocycles. The molecule has 0 radical (unpaired) electrons. The molecule has 2 rings (SSSR count). The highest BCUT2D eigenvalue weighted by molar-refractivity contribution is 6.31. The fraction of sp³-hybridized carbons (Fsp3) is 0.294. The smallest absolute Gasteiger partial charge is 0.422 e. The summed E-state index contributed by atoms with van der Waals surface area (Å²) in [6.45, 7) is 3.13. The van der Waals surface area contributed by atoms with Crippen LogP contribution in [0.25, 0.3) is 0 Å². The normalized spacial score (nSPS) is 11.3. The Morgan fingerprint density at radius 3 is 2.46 bits per heavy atom. The summed E-state index contributed by atoms with van der Waals surface area (Å²) < 4.78 is 41.9. The second-order valence-electron chi connectivity index (χ2n) is 5.68. The topological polar surface area (TPSA) is 71.2 Å². The van der Waals surface area contributed by atoms with Crippen molar-refractivity contribution in [2.45, 2.75) is 26.9 Å². The number of carbonyl (C=O) groups is 2. The van der Waals surface area contributed by atoms with E-state index >= 15 is 0 Å². The van der Waals surface area contributed by atoms with Gasteiger partial charge in [0.15, 0.2) is 12.4 Å². The summed E-state index contributed by atoms with van der Waals surface area (Å²) in [5, 5.41) is 2.68. The van der Waals surface area contributed by atoms with E-state index in [9.17, 15) is 22.8 Å². The molecule has 0 atom stereocenters. The number of ketones is 1. The molecule has 0 saturated carbocycles. The van der Waals surface area contributed by atoms with Crippen LogP contribution in [0.5, 0.6) is 5.75 Å². The summed E-state index contributed by atoms with van der Waals surface area (Å²) in [5.41, 5.74) is 1.50. The van der Waals surface area contributed by atoms with Crippen LogP contribution in [-0.4, -0.2) is 29.5 Å². The van der Waals surface area contributed by atoms with Gasteiger partial charge in [-0.3, -0.25) is 9.59 Å². The summed E-state index contributed by atoms with van der Waals surface area (Å²) in [7, 11) is 0. The molecular weight excluding hydrogens is 373 g/mol. The number of carbonyl (C=O) groups excluding carboxylic acids is 2. The van der Waals surface area contributed by atoms with E-state index in [1.165, 1.54) is 25.1 Å². The Bertz CT molecular complexity index is 860. The predicted octanol–water partition coefficient (Wildman–Crippen LogP) is 4.68. The number of nitrogens with one attached hydrogen (secondary N) is 2. The molecule has 1 heterocycles. The SMILES string of the molecule is CC(=O)c1c(C)[nH]c(C(=O)Nc2cc(Cl)ccc2OCC(F)(F)F)c1C. The van der Waals surface area contributed by atoms with Crippen LogP contribution < -0.4 is 10.1 Å². The monoisotopic (exact) mass is 388 g/mol. The lowest BCUT2D eigenvalue weighted by Crippen LogP contribution is -2.20. The number of benzene rings is 1. The molecule has 26 heavy (non-hydrogen) atoms. The van der Waals surface area contributed by atoms with Crippen LogP contribution in [0, 0.1) is 13.8 Å². The molecule has 0 aliphatic carbocycles. The van der Waals surface area contributed by atoms with Gasteiger partial charge in [0.05, 0.1) is 5.69 Å². The molecule has 1 aromatic carbocycles.